The number of benzene rings is 2. The average Bonchev–Trinajstić information content (AvgIpc) is 2.74. The number of amides is 2. The summed E-state index contributed by atoms with van der Waals surface area (Å²) in [4.78, 5) is 27.1. The molecular formula is C24H31ClN2O3. The van der Waals surface area contributed by atoms with Gasteiger partial charge in [0.2, 0.25) is 11.8 Å². The molecule has 162 valence electrons. The van der Waals surface area contributed by atoms with Crippen molar-refractivity contribution in [3.8, 4) is 5.75 Å². The second-order valence-corrected chi connectivity index (χ2v) is 7.82. The Balaban J connectivity index is 1.97. The number of halogens is 1. The molecule has 0 bridgehead atoms. The molecular weight excluding hydrogens is 400 g/mol. The fourth-order valence-corrected chi connectivity index (χ4v) is 3.21. The highest BCUT2D eigenvalue weighted by Gasteiger charge is 2.25. The summed E-state index contributed by atoms with van der Waals surface area (Å²) in [5.74, 6) is 0.556. The maximum atomic E-state index is 13.0. The van der Waals surface area contributed by atoms with Gasteiger partial charge in [0, 0.05) is 24.5 Å². The Kier molecular flexibility index (Phi) is 9.68. The van der Waals surface area contributed by atoms with E-state index in [1.807, 2.05) is 56.3 Å². The van der Waals surface area contributed by atoms with Crippen molar-refractivity contribution in [2.24, 2.45) is 0 Å². The summed E-state index contributed by atoms with van der Waals surface area (Å²) in [6.07, 6.45) is 1.72. The molecule has 0 saturated carbocycles. The quantitative estimate of drug-likeness (QED) is 0.523. The van der Waals surface area contributed by atoms with Gasteiger partial charge in [-0.25, -0.2) is 0 Å². The minimum absolute atomic E-state index is 0.0818. The first kappa shape index (κ1) is 23.7. The second-order valence-electron chi connectivity index (χ2n) is 7.38. The lowest BCUT2D eigenvalue weighted by molar-refractivity contribution is -0.140. The van der Waals surface area contributed by atoms with Gasteiger partial charge in [-0.15, -0.1) is 0 Å². The molecule has 30 heavy (non-hydrogen) atoms. The van der Waals surface area contributed by atoms with Crippen molar-refractivity contribution in [2.75, 3.05) is 13.2 Å². The van der Waals surface area contributed by atoms with Gasteiger partial charge in [-0.2, -0.15) is 0 Å². The molecule has 0 aliphatic heterocycles. The molecule has 0 aromatic heterocycles. The number of carbonyl (C=O) groups is 2. The van der Waals surface area contributed by atoms with Crippen molar-refractivity contribution in [2.45, 2.75) is 52.6 Å². The first-order valence-corrected chi connectivity index (χ1v) is 10.8. The van der Waals surface area contributed by atoms with Crippen LogP contribution in [0.4, 0.5) is 0 Å². The highest BCUT2D eigenvalue weighted by Crippen LogP contribution is 2.16. The van der Waals surface area contributed by atoms with Crippen molar-refractivity contribution < 1.29 is 14.3 Å². The normalized spacial score (nSPS) is 11.6. The Morgan fingerprint density at radius 2 is 1.90 bits per heavy atom. The van der Waals surface area contributed by atoms with Crippen molar-refractivity contribution >= 4 is 23.4 Å². The standard InChI is InChI=1S/C24H31ClN2O3/c1-4-14-26-24(29)19(3)27(17-20-7-5-8-21(25)16-20)23(28)9-6-15-30-22-12-10-18(2)11-13-22/h5,7-8,10-13,16,19H,4,6,9,14-15,17H2,1-3H3,(H,26,29)/t19-/m1/s1. The van der Waals surface area contributed by atoms with Crippen molar-refractivity contribution in [3.63, 3.8) is 0 Å². The Labute approximate surface area is 184 Å². The Hall–Kier alpha value is -2.53. The van der Waals surface area contributed by atoms with Gasteiger partial charge >= 0.3 is 0 Å². The Morgan fingerprint density at radius 3 is 2.57 bits per heavy atom. The number of aryl methyl sites for hydroxylation is 1. The zero-order chi connectivity index (χ0) is 21.9. The number of ether oxygens (including phenoxy) is 1. The Bertz CT molecular complexity index is 823. The van der Waals surface area contributed by atoms with Gasteiger partial charge in [0.05, 0.1) is 6.61 Å². The minimum atomic E-state index is -0.568. The molecule has 2 amide bonds. The van der Waals surface area contributed by atoms with Gasteiger partial charge in [-0.1, -0.05) is 48.4 Å². The van der Waals surface area contributed by atoms with Gasteiger partial charge in [0.1, 0.15) is 11.8 Å². The summed E-state index contributed by atoms with van der Waals surface area (Å²) < 4.78 is 5.72. The molecule has 0 heterocycles. The predicted molar refractivity (Wildman–Crippen MR) is 121 cm³/mol. The van der Waals surface area contributed by atoms with E-state index in [2.05, 4.69) is 5.32 Å². The number of hydrogen-bond donors (Lipinski definition) is 1. The highest BCUT2D eigenvalue weighted by atomic mass is 35.5. The van der Waals surface area contributed by atoms with Crippen LogP contribution in [0.5, 0.6) is 5.75 Å². The molecule has 0 aliphatic carbocycles. The lowest BCUT2D eigenvalue weighted by atomic mass is 10.1. The molecule has 5 nitrogen and oxygen atoms in total. The number of hydrogen-bond acceptors (Lipinski definition) is 3. The molecule has 0 fully saturated rings. The zero-order valence-corrected chi connectivity index (χ0v) is 18.7. The van der Waals surface area contributed by atoms with E-state index >= 15 is 0 Å². The third-order valence-electron chi connectivity index (χ3n) is 4.78. The summed E-state index contributed by atoms with van der Waals surface area (Å²) in [6, 6.07) is 14.6. The number of carbonyl (C=O) groups excluding carboxylic acids is 2. The van der Waals surface area contributed by atoms with Crippen molar-refractivity contribution in [1.82, 2.24) is 10.2 Å². The first-order chi connectivity index (χ1) is 14.4. The molecule has 2 rings (SSSR count). The second kappa shape index (κ2) is 12.2. The molecule has 2 aromatic rings. The van der Waals surface area contributed by atoms with Gasteiger partial charge < -0.3 is 15.0 Å². The van der Waals surface area contributed by atoms with Crippen LogP contribution < -0.4 is 10.1 Å². The summed E-state index contributed by atoms with van der Waals surface area (Å²) >= 11 is 6.09. The van der Waals surface area contributed by atoms with E-state index in [0.717, 1.165) is 17.7 Å². The average molecular weight is 431 g/mol. The largest absolute Gasteiger partial charge is 0.494 e. The third-order valence-corrected chi connectivity index (χ3v) is 5.02. The molecule has 1 atom stereocenters. The lowest BCUT2D eigenvalue weighted by Crippen LogP contribution is -2.47. The SMILES string of the molecule is CCCNC(=O)[C@@H](C)N(Cc1cccc(Cl)c1)C(=O)CCCOc1ccc(C)cc1. The Morgan fingerprint density at radius 1 is 1.17 bits per heavy atom. The van der Waals surface area contributed by atoms with Crippen molar-refractivity contribution in [3.05, 3.63) is 64.7 Å². The van der Waals surface area contributed by atoms with E-state index in [1.54, 1.807) is 17.9 Å². The maximum absolute atomic E-state index is 13.0. The van der Waals surface area contributed by atoms with Crippen LogP contribution in [0.3, 0.4) is 0 Å². The highest BCUT2D eigenvalue weighted by molar-refractivity contribution is 6.30. The van der Waals surface area contributed by atoms with Crippen LogP contribution >= 0.6 is 11.6 Å². The van der Waals surface area contributed by atoms with Crippen LogP contribution in [0.15, 0.2) is 48.5 Å². The fraction of sp³-hybridized carbons (Fsp3) is 0.417. The summed E-state index contributed by atoms with van der Waals surface area (Å²) in [5.41, 5.74) is 2.06. The van der Waals surface area contributed by atoms with E-state index in [1.165, 1.54) is 5.56 Å². The smallest absolute Gasteiger partial charge is 0.242 e. The molecule has 6 heteroatoms. The summed E-state index contributed by atoms with van der Waals surface area (Å²) in [6.45, 7) is 7.14. The maximum Gasteiger partial charge on any atom is 0.242 e. The molecule has 1 N–H and O–H groups in total. The number of nitrogens with zero attached hydrogens (tertiary/aromatic N) is 1. The lowest BCUT2D eigenvalue weighted by Gasteiger charge is -2.29. The van der Waals surface area contributed by atoms with Gasteiger partial charge in [-0.3, -0.25) is 9.59 Å². The van der Waals surface area contributed by atoms with E-state index in [0.29, 0.717) is 37.6 Å². The minimum Gasteiger partial charge on any atom is -0.494 e. The molecule has 0 saturated heterocycles. The molecule has 0 radical (unpaired) electrons. The molecule has 0 aliphatic rings. The van der Waals surface area contributed by atoms with E-state index < -0.39 is 6.04 Å². The predicted octanol–water partition coefficient (Wildman–Crippen LogP) is 4.75. The van der Waals surface area contributed by atoms with Crippen LogP contribution in [-0.2, 0) is 16.1 Å². The summed E-state index contributed by atoms with van der Waals surface area (Å²) in [5, 5.41) is 3.48. The fourth-order valence-electron chi connectivity index (χ4n) is 3.00. The van der Waals surface area contributed by atoms with Crippen LogP contribution in [0.25, 0.3) is 0 Å². The molecule has 0 unspecified atom stereocenters. The van der Waals surface area contributed by atoms with Crippen LogP contribution in [-0.4, -0.2) is 35.9 Å². The number of nitrogens with one attached hydrogen (secondary N) is 1. The topological polar surface area (TPSA) is 58.6 Å². The summed E-state index contributed by atoms with van der Waals surface area (Å²) in [7, 11) is 0. The first-order valence-electron chi connectivity index (χ1n) is 10.4. The monoisotopic (exact) mass is 430 g/mol. The van der Waals surface area contributed by atoms with E-state index in [9.17, 15) is 9.59 Å². The van der Waals surface area contributed by atoms with Gasteiger partial charge in [-0.05, 0) is 56.5 Å². The van der Waals surface area contributed by atoms with Crippen LogP contribution in [0.2, 0.25) is 5.02 Å². The molecule has 0 spiro atoms. The van der Waals surface area contributed by atoms with E-state index in [-0.39, 0.29) is 11.8 Å². The third kappa shape index (κ3) is 7.71. The van der Waals surface area contributed by atoms with E-state index in [4.69, 9.17) is 16.3 Å². The number of rotatable bonds is 11. The van der Waals surface area contributed by atoms with Crippen LogP contribution in [0, 0.1) is 6.92 Å². The van der Waals surface area contributed by atoms with Crippen molar-refractivity contribution in [1.29, 1.82) is 0 Å². The van der Waals surface area contributed by atoms with Crippen LogP contribution in [0.1, 0.15) is 44.2 Å². The van der Waals surface area contributed by atoms with Gasteiger partial charge in [0.15, 0.2) is 0 Å². The molecule has 2 aromatic carbocycles. The zero-order valence-electron chi connectivity index (χ0n) is 18.0. The van der Waals surface area contributed by atoms with Gasteiger partial charge in [0.25, 0.3) is 0 Å².